The number of Topliss-reactive ketones (excluding diaryl/α,β-unsaturated/α-hetero) is 2. The van der Waals surface area contributed by atoms with Crippen LogP contribution in [0.15, 0.2) is 231 Å². The number of ketones is 2. The molecular formula is C100H120N10O12P2. The first-order valence-electron chi connectivity index (χ1n) is 43.9. The van der Waals surface area contributed by atoms with Gasteiger partial charge in [-0.05, 0) is 184 Å². The third-order valence-corrected chi connectivity index (χ3v) is 28.1. The predicted octanol–water partition coefficient (Wildman–Crippen LogP) is 9.87. The van der Waals surface area contributed by atoms with Gasteiger partial charge < -0.3 is 52.3 Å². The van der Waals surface area contributed by atoms with Crippen LogP contribution in [0.2, 0.25) is 0 Å². The highest BCUT2D eigenvalue weighted by molar-refractivity contribution is 7.80. The van der Waals surface area contributed by atoms with Gasteiger partial charge in [0.1, 0.15) is 36.3 Å². The van der Waals surface area contributed by atoms with E-state index in [1.807, 2.05) is 198 Å². The van der Waals surface area contributed by atoms with Crippen LogP contribution in [0.4, 0.5) is 0 Å². The van der Waals surface area contributed by atoms with Gasteiger partial charge >= 0.3 is 0 Å². The lowest BCUT2D eigenvalue weighted by Crippen LogP contribution is -2.59. The average Bonchev–Trinajstić information content (AvgIpc) is 1.46. The van der Waals surface area contributed by atoms with Gasteiger partial charge in [-0.25, -0.2) is 0 Å². The van der Waals surface area contributed by atoms with Crippen molar-refractivity contribution in [2.45, 2.75) is 194 Å². The lowest BCUT2D eigenvalue weighted by atomic mass is 9.88. The Balaban J connectivity index is 0.894. The van der Waals surface area contributed by atoms with Crippen LogP contribution in [0.25, 0.3) is 0 Å². The maximum absolute atomic E-state index is 15.6. The Bertz CT molecular complexity index is 4570. The molecule has 22 nitrogen and oxygen atoms in total. The van der Waals surface area contributed by atoms with Crippen LogP contribution in [-0.4, -0.2) is 155 Å². The van der Waals surface area contributed by atoms with Gasteiger partial charge in [-0.15, -0.1) is 0 Å². The van der Waals surface area contributed by atoms with E-state index < -0.39 is 147 Å². The summed E-state index contributed by atoms with van der Waals surface area (Å²) in [6, 6.07) is 63.9. The van der Waals surface area contributed by atoms with E-state index in [9.17, 15) is 9.59 Å². The number of carbonyl (C=O) groups excluding carboxylic acids is 12. The highest BCUT2D eigenvalue weighted by Crippen LogP contribution is 2.36. The van der Waals surface area contributed by atoms with Gasteiger partial charge in [0.2, 0.25) is 47.3 Å². The van der Waals surface area contributed by atoms with Crippen molar-refractivity contribution in [3.05, 3.63) is 253 Å². The largest absolute Gasteiger partial charge is 0.352 e. The van der Waals surface area contributed by atoms with Crippen molar-refractivity contribution < 1.29 is 57.5 Å². The number of fused-ring (bicyclic) bond motifs is 2. The summed E-state index contributed by atoms with van der Waals surface area (Å²) in [7, 11) is -2.09. The molecule has 0 saturated carbocycles. The van der Waals surface area contributed by atoms with E-state index in [4.69, 9.17) is 0 Å². The number of carbonyl (C=O) groups is 12. The zero-order valence-electron chi connectivity index (χ0n) is 72.4. The molecule has 8 aromatic carbocycles. The minimum Gasteiger partial charge on any atom is -0.352 e. The summed E-state index contributed by atoms with van der Waals surface area (Å²) in [6.07, 6.45) is 1.05. The van der Waals surface area contributed by atoms with Gasteiger partial charge in [0.25, 0.3) is 11.8 Å². The van der Waals surface area contributed by atoms with Crippen LogP contribution >= 0.6 is 15.8 Å². The summed E-state index contributed by atoms with van der Waals surface area (Å²) in [6.45, 7) is 14.9. The van der Waals surface area contributed by atoms with Gasteiger partial charge in [0.05, 0.1) is 12.1 Å². The number of rotatable bonds is 26. The first-order chi connectivity index (χ1) is 59.8. The highest BCUT2D eigenvalue weighted by atomic mass is 31.1. The zero-order chi connectivity index (χ0) is 88.3. The van der Waals surface area contributed by atoms with Crippen LogP contribution in [0.5, 0.6) is 0 Å². The van der Waals surface area contributed by atoms with Crippen molar-refractivity contribution >= 4 is 118 Å². The lowest BCUT2D eigenvalue weighted by Gasteiger charge is -2.32. The molecule has 24 heteroatoms. The van der Waals surface area contributed by atoms with Crippen molar-refractivity contribution in [3.8, 4) is 0 Å². The summed E-state index contributed by atoms with van der Waals surface area (Å²) < 4.78 is 0. The molecule has 3 heterocycles. The lowest BCUT2D eigenvalue weighted by molar-refractivity contribution is -0.144. The fourth-order valence-corrected chi connectivity index (χ4v) is 21.5. The minimum absolute atomic E-state index is 0.0563. The van der Waals surface area contributed by atoms with Crippen molar-refractivity contribution in [2.75, 3.05) is 26.2 Å². The van der Waals surface area contributed by atoms with Gasteiger partial charge in [0.15, 0.2) is 11.6 Å². The Labute approximate surface area is 732 Å². The van der Waals surface area contributed by atoms with E-state index in [2.05, 4.69) is 91.1 Å². The van der Waals surface area contributed by atoms with E-state index in [0.29, 0.717) is 24.0 Å². The summed E-state index contributed by atoms with van der Waals surface area (Å²) >= 11 is 0. The van der Waals surface area contributed by atoms with Gasteiger partial charge in [0, 0.05) is 62.0 Å². The molecule has 0 bridgehead atoms. The first-order valence-corrected chi connectivity index (χ1v) is 46.6. The topological polar surface area (TPSA) is 308 Å². The molecule has 11 rings (SSSR count). The standard InChI is InChI=1S/C100H120N10O12P2/c1-65(2)57-83-87(111)63-73(59-69-33-15-9-16-34-69)99(121)109-55-31-51-85(109)95(117)108-90(68(7)8)98(120)104-82(50-30-54-102-92(114)72-38-28-48-80(62-72)124(77-43-23-13-24-44-77)78-45-25-14-26-46-78)94(116)106-84(58-66(3)4)88(112)64-74(60-70-35-17-10-18-36-70)100(122)110-56-32-52-86(110)96(118)107-89(67(5)6)97(119)103-81(93(115)105-83)49-29-53-101-91(113)71-37-27-47-79(61-71)123(75-39-19-11-20-40-75)76-41-21-12-22-42-76/h9-28,33-48,61-62,65-68,73-74,81-86,89-90H,29-32,49-60,63-64H2,1-8H3,(H,101,113)(H,102,114)(H,103,119)(H,104,120)(H,105,115)(H,106,116)(H,107,118)(H,108,117)/t73-,74-,81-,82-,83?,84?,85-,86-,89-,90-/m0/s1. The fraction of sp³-hybridized carbons (Fsp3) is 0.400. The van der Waals surface area contributed by atoms with Crippen molar-refractivity contribution in [1.82, 2.24) is 52.3 Å². The third-order valence-electron chi connectivity index (χ3n) is 23.2. The van der Waals surface area contributed by atoms with E-state index >= 15 is 47.9 Å². The monoisotopic (exact) mass is 1710 g/mol. The third kappa shape index (κ3) is 25.9. The molecule has 3 aliphatic heterocycles. The second-order valence-corrected chi connectivity index (χ2v) is 38.8. The minimum atomic E-state index is -1.36. The highest BCUT2D eigenvalue weighted by Gasteiger charge is 2.44. The Hall–Kier alpha value is -11.3. The number of benzene rings is 8. The summed E-state index contributed by atoms with van der Waals surface area (Å²) in [4.78, 5) is 185. The van der Waals surface area contributed by atoms with E-state index in [1.54, 1.807) is 39.8 Å². The molecule has 10 atom stereocenters. The summed E-state index contributed by atoms with van der Waals surface area (Å²) in [5.74, 6) is -10.6. The zero-order valence-corrected chi connectivity index (χ0v) is 74.2. The van der Waals surface area contributed by atoms with Crippen molar-refractivity contribution in [2.24, 2.45) is 35.5 Å². The fourth-order valence-electron chi connectivity index (χ4n) is 16.8. The SMILES string of the molecule is CC(C)CC1NC(=O)[C@H](CCCNC(=O)c2cccc(P(c3ccccc3)c3ccccc3)c2)NC(=O)[C@H](C(C)C)NC(=O)[C@@H]2CCCN2C(=O)[C@@H](Cc2ccccc2)CC(=O)C(CC(C)C)NC(=O)[C@H](CCCNC(=O)c2cccc(P(c3ccccc3)c3ccccc3)c2)NC(=O)[C@H](C(C)C)NC(=O)[C@@H]2CCCN2C(=O)[C@@H](Cc2ccccc2)CC1=O. The Morgan fingerprint density at radius 3 is 0.984 bits per heavy atom. The van der Waals surface area contributed by atoms with Crippen LogP contribution in [-0.2, 0) is 60.8 Å². The molecule has 3 aliphatic rings. The van der Waals surface area contributed by atoms with Gasteiger partial charge in [-0.1, -0.05) is 262 Å². The number of nitrogens with one attached hydrogen (secondary N) is 8. The number of hydrogen-bond acceptors (Lipinski definition) is 12. The Morgan fingerprint density at radius 2 is 0.669 bits per heavy atom. The van der Waals surface area contributed by atoms with E-state index in [-0.39, 0.29) is 127 Å². The molecule has 652 valence electrons. The van der Waals surface area contributed by atoms with E-state index in [0.717, 1.165) is 43.0 Å². The van der Waals surface area contributed by atoms with E-state index in [1.165, 1.54) is 9.80 Å². The van der Waals surface area contributed by atoms with Crippen molar-refractivity contribution in [3.63, 3.8) is 0 Å². The molecule has 8 aromatic rings. The molecule has 0 radical (unpaired) electrons. The summed E-state index contributed by atoms with van der Waals surface area (Å²) in [5, 5.41) is 30.2. The summed E-state index contributed by atoms with van der Waals surface area (Å²) in [5.41, 5.74) is 2.30. The smallest absolute Gasteiger partial charge is 0.251 e. The normalized spacial score (nSPS) is 21.5. The molecule has 124 heavy (non-hydrogen) atoms. The van der Waals surface area contributed by atoms with Crippen LogP contribution in [0.1, 0.15) is 164 Å². The van der Waals surface area contributed by atoms with Crippen molar-refractivity contribution in [1.29, 1.82) is 0 Å². The predicted molar refractivity (Wildman–Crippen MR) is 490 cm³/mol. The molecule has 0 aromatic heterocycles. The second kappa shape index (κ2) is 45.9. The molecular weight excluding hydrogens is 1600 g/mol. The molecule has 8 N–H and O–H groups in total. The number of amides is 10. The Kier molecular flexibility index (Phi) is 34.5. The molecule has 3 fully saturated rings. The van der Waals surface area contributed by atoms with Crippen LogP contribution in [0.3, 0.4) is 0 Å². The van der Waals surface area contributed by atoms with Gasteiger partial charge in [-0.3, -0.25) is 57.5 Å². The number of nitrogens with zero attached hydrogens (tertiary/aromatic N) is 2. The second-order valence-electron chi connectivity index (χ2n) is 34.4. The van der Waals surface area contributed by atoms with Crippen LogP contribution < -0.4 is 74.4 Å². The number of hydrogen-bond donors (Lipinski definition) is 8. The Morgan fingerprint density at radius 1 is 0.363 bits per heavy atom. The maximum Gasteiger partial charge on any atom is 0.251 e. The van der Waals surface area contributed by atoms with Gasteiger partial charge in [-0.2, -0.15) is 0 Å². The average molecular weight is 1720 g/mol. The first kappa shape index (κ1) is 93.4. The maximum atomic E-state index is 15.6. The molecule has 0 aliphatic carbocycles. The molecule has 0 spiro atoms. The quantitative estimate of drug-likeness (QED) is 0.0186. The molecule has 2 unspecified atom stereocenters. The molecule has 10 amide bonds. The van der Waals surface area contributed by atoms with Crippen LogP contribution in [0, 0.1) is 35.5 Å². The molecule has 3 saturated heterocycles.